The first-order valence-corrected chi connectivity index (χ1v) is 8.36. The minimum absolute atomic E-state index is 0.156. The zero-order chi connectivity index (χ0) is 12.6. The normalized spacial score (nSPS) is 19.9. The summed E-state index contributed by atoms with van der Waals surface area (Å²) < 4.78 is 0. The van der Waals surface area contributed by atoms with E-state index >= 15 is 0 Å². The SMILES string of the molecule is CCC(CC)(NC1CC1)c1nc2c(s1)CCCC2. The van der Waals surface area contributed by atoms with Gasteiger partial charge in [0.15, 0.2) is 0 Å². The van der Waals surface area contributed by atoms with Crippen molar-refractivity contribution in [2.45, 2.75) is 76.8 Å². The Morgan fingerprint density at radius 1 is 1.22 bits per heavy atom. The summed E-state index contributed by atoms with van der Waals surface area (Å²) in [6, 6.07) is 0.755. The summed E-state index contributed by atoms with van der Waals surface area (Å²) in [7, 11) is 0. The molecule has 0 aliphatic heterocycles. The highest BCUT2D eigenvalue weighted by Crippen LogP contribution is 2.38. The molecule has 1 N–H and O–H groups in total. The van der Waals surface area contributed by atoms with Gasteiger partial charge < -0.3 is 5.32 Å². The summed E-state index contributed by atoms with van der Waals surface area (Å²) in [5, 5.41) is 5.24. The molecule has 18 heavy (non-hydrogen) atoms. The molecule has 0 radical (unpaired) electrons. The maximum absolute atomic E-state index is 5.00. The number of aromatic nitrogens is 1. The second-order valence-electron chi connectivity index (χ2n) is 5.80. The third-order valence-electron chi connectivity index (χ3n) is 4.52. The number of nitrogens with zero attached hydrogens (tertiary/aromatic N) is 1. The Bertz CT molecular complexity index is 393. The van der Waals surface area contributed by atoms with Crippen LogP contribution in [-0.2, 0) is 18.4 Å². The number of thiazole rings is 1. The fraction of sp³-hybridized carbons (Fsp3) is 0.800. The van der Waals surface area contributed by atoms with Gasteiger partial charge in [0.2, 0.25) is 0 Å². The predicted molar refractivity (Wildman–Crippen MR) is 77.2 cm³/mol. The lowest BCUT2D eigenvalue weighted by molar-refractivity contribution is 0.303. The lowest BCUT2D eigenvalue weighted by Crippen LogP contribution is -2.42. The van der Waals surface area contributed by atoms with E-state index in [4.69, 9.17) is 4.98 Å². The van der Waals surface area contributed by atoms with E-state index < -0.39 is 0 Å². The van der Waals surface area contributed by atoms with Crippen molar-refractivity contribution in [2.75, 3.05) is 0 Å². The van der Waals surface area contributed by atoms with E-state index in [2.05, 4.69) is 19.2 Å². The topological polar surface area (TPSA) is 24.9 Å². The minimum Gasteiger partial charge on any atom is -0.303 e. The molecule has 2 aliphatic carbocycles. The average molecular weight is 264 g/mol. The van der Waals surface area contributed by atoms with Gasteiger partial charge in [0, 0.05) is 10.9 Å². The number of aryl methyl sites for hydroxylation is 2. The van der Waals surface area contributed by atoms with Gasteiger partial charge in [0.25, 0.3) is 0 Å². The van der Waals surface area contributed by atoms with Crippen LogP contribution in [0.3, 0.4) is 0 Å². The number of hydrogen-bond donors (Lipinski definition) is 1. The Balaban J connectivity index is 1.90. The Morgan fingerprint density at radius 2 is 1.94 bits per heavy atom. The highest BCUT2D eigenvalue weighted by atomic mass is 32.1. The standard InChI is InChI=1S/C15H24N2S/c1-3-15(4-2,17-11-9-10-11)14-16-12-7-5-6-8-13(12)18-14/h11,17H,3-10H2,1-2H3. The van der Waals surface area contributed by atoms with E-state index in [1.807, 2.05) is 11.3 Å². The molecule has 2 aliphatic rings. The fourth-order valence-corrected chi connectivity index (χ4v) is 4.44. The molecule has 3 rings (SSSR count). The molecule has 2 nitrogen and oxygen atoms in total. The number of fused-ring (bicyclic) bond motifs is 1. The summed E-state index contributed by atoms with van der Waals surface area (Å²) in [4.78, 5) is 6.57. The van der Waals surface area contributed by atoms with Crippen LogP contribution in [0.25, 0.3) is 0 Å². The summed E-state index contributed by atoms with van der Waals surface area (Å²) >= 11 is 1.99. The van der Waals surface area contributed by atoms with Gasteiger partial charge in [-0.2, -0.15) is 0 Å². The molecule has 1 saturated carbocycles. The van der Waals surface area contributed by atoms with Gasteiger partial charge >= 0.3 is 0 Å². The van der Waals surface area contributed by atoms with Gasteiger partial charge in [-0.15, -0.1) is 11.3 Å². The molecule has 0 aromatic carbocycles. The van der Waals surface area contributed by atoms with Crippen molar-refractivity contribution in [1.82, 2.24) is 10.3 Å². The highest BCUT2D eigenvalue weighted by molar-refractivity contribution is 7.11. The molecule has 1 heterocycles. The van der Waals surface area contributed by atoms with Gasteiger partial charge in [-0.25, -0.2) is 4.98 Å². The van der Waals surface area contributed by atoms with Crippen LogP contribution in [0, 0.1) is 0 Å². The van der Waals surface area contributed by atoms with E-state index in [0.29, 0.717) is 0 Å². The van der Waals surface area contributed by atoms with Crippen LogP contribution in [0.5, 0.6) is 0 Å². The van der Waals surface area contributed by atoms with Crippen LogP contribution in [0.4, 0.5) is 0 Å². The summed E-state index contributed by atoms with van der Waals surface area (Å²) in [6.07, 6.45) is 10.2. The molecule has 1 aromatic heterocycles. The predicted octanol–water partition coefficient (Wildman–Crippen LogP) is 3.79. The van der Waals surface area contributed by atoms with Crippen molar-refractivity contribution in [1.29, 1.82) is 0 Å². The smallest absolute Gasteiger partial charge is 0.113 e. The summed E-state index contributed by atoms with van der Waals surface area (Å²) in [6.45, 7) is 4.61. The van der Waals surface area contributed by atoms with E-state index in [1.165, 1.54) is 49.2 Å². The molecule has 3 heteroatoms. The molecule has 0 bridgehead atoms. The van der Waals surface area contributed by atoms with Crippen LogP contribution in [-0.4, -0.2) is 11.0 Å². The summed E-state index contributed by atoms with van der Waals surface area (Å²) in [5.41, 5.74) is 1.56. The lowest BCUT2D eigenvalue weighted by Gasteiger charge is -2.31. The van der Waals surface area contributed by atoms with E-state index in [9.17, 15) is 0 Å². The van der Waals surface area contributed by atoms with Crippen LogP contribution in [0.1, 0.15) is 68.0 Å². The van der Waals surface area contributed by atoms with Crippen molar-refractivity contribution in [3.63, 3.8) is 0 Å². The van der Waals surface area contributed by atoms with Gasteiger partial charge in [0.05, 0.1) is 11.2 Å². The maximum Gasteiger partial charge on any atom is 0.113 e. The Kier molecular flexibility index (Phi) is 3.46. The van der Waals surface area contributed by atoms with Gasteiger partial charge in [0.1, 0.15) is 5.01 Å². The monoisotopic (exact) mass is 264 g/mol. The molecule has 0 atom stereocenters. The first-order chi connectivity index (χ1) is 8.77. The number of hydrogen-bond acceptors (Lipinski definition) is 3. The van der Waals surface area contributed by atoms with Crippen LogP contribution >= 0.6 is 11.3 Å². The van der Waals surface area contributed by atoms with Gasteiger partial charge in [-0.05, 0) is 51.4 Å². The Morgan fingerprint density at radius 3 is 2.56 bits per heavy atom. The molecule has 1 fully saturated rings. The van der Waals surface area contributed by atoms with Crippen molar-refractivity contribution >= 4 is 11.3 Å². The summed E-state index contributed by atoms with van der Waals surface area (Å²) in [5.74, 6) is 0. The highest BCUT2D eigenvalue weighted by Gasteiger charge is 2.38. The average Bonchev–Trinajstić information content (AvgIpc) is 3.11. The zero-order valence-electron chi connectivity index (χ0n) is 11.6. The fourth-order valence-electron chi connectivity index (χ4n) is 2.99. The second-order valence-corrected chi connectivity index (χ2v) is 6.89. The molecule has 0 saturated heterocycles. The third-order valence-corrected chi connectivity index (χ3v) is 5.88. The Labute approximate surface area is 114 Å². The molecule has 0 amide bonds. The molecule has 0 unspecified atom stereocenters. The first kappa shape index (κ1) is 12.6. The van der Waals surface area contributed by atoms with Crippen molar-refractivity contribution in [3.8, 4) is 0 Å². The van der Waals surface area contributed by atoms with Crippen molar-refractivity contribution < 1.29 is 0 Å². The Hall–Kier alpha value is -0.410. The first-order valence-electron chi connectivity index (χ1n) is 7.54. The molecular formula is C15H24N2S. The number of rotatable bonds is 5. The quantitative estimate of drug-likeness (QED) is 0.875. The van der Waals surface area contributed by atoms with Crippen LogP contribution in [0.2, 0.25) is 0 Å². The maximum atomic E-state index is 5.00. The molecule has 0 spiro atoms. The van der Waals surface area contributed by atoms with Crippen molar-refractivity contribution in [3.05, 3.63) is 15.6 Å². The largest absolute Gasteiger partial charge is 0.303 e. The van der Waals surface area contributed by atoms with Crippen LogP contribution in [0.15, 0.2) is 0 Å². The molecule has 100 valence electrons. The minimum atomic E-state index is 0.156. The van der Waals surface area contributed by atoms with Gasteiger partial charge in [-0.3, -0.25) is 0 Å². The van der Waals surface area contributed by atoms with E-state index in [1.54, 1.807) is 4.88 Å². The van der Waals surface area contributed by atoms with E-state index in [0.717, 1.165) is 18.9 Å². The van der Waals surface area contributed by atoms with Crippen LogP contribution < -0.4 is 5.32 Å². The number of nitrogens with one attached hydrogen (secondary N) is 1. The van der Waals surface area contributed by atoms with Gasteiger partial charge in [-0.1, -0.05) is 13.8 Å². The van der Waals surface area contributed by atoms with E-state index in [-0.39, 0.29) is 5.54 Å². The van der Waals surface area contributed by atoms with Crippen molar-refractivity contribution in [2.24, 2.45) is 0 Å². The molecular weight excluding hydrogens is 240 g/mol. The molecule has 1 aromatic rings. The zero-order valence-corrected chi connectivity index (χ0v) is 12.4. The lowest BCUT2D eigenvalue weighted by atomic mass is 9.93. The third kappa shape index (κ3) is 2.23. The second kappa shape index (κ2) is 4.93.